The van der Waals surface area contributed by atoms with E-state index in [-0.39, 0.29) is 5.91 Å². The monoisotopic (exact) mass is 487 g/mol. The number of hydrazine groups is 1. The summed E-state index contributed by atoms with van der Waals surface area (Å²) >= 11 is 17.7. The third-order valence-electron chi connectivity index (χ3n) is 5.52. The van der Waals surface area contributed by atoms with Crippen LogP contribution in [-0.2, 0) is 0 Å². The number of aromatic nitrogens is 2. The van der Waals surface area contributed by atoms with E-state index in [4.69, 9.17) is 46.1 Å². The molecule has 1 amide bonds. The van der Waals surface area contributed by atoms with E-state index < -0.39 is 0 Å². The number of thiocarbonyl (C=S) groups is 1. The van der Waals surface area contributed by atoms with Crippen LogP contribution in [0.5, 0.6) is 0 Å². The fraction of sp³-hybridized carbons (Fsp3) is 0.261. The lowest BCUT2D eigenvalue weighted by atomic mass is 10.1. The third-order valence-corrected chi connectivity index (χ3v) is 6.30. The molecule has 1 aliphatic heterocycles. The Morgan fingerprint density at radius 1 is 1.09 bits per heavy atom. The number of amides is 1. The predicted molar refractivity (Wildman–Crippen MR) is 133 cm³/mol. The van der Waals surface area contributed by atoms with Gasteiger partial charge in [0.15, 0.2) is 5.69 Å². The molecule has 0 spiro atoms. The minimum atomic E-state index is -0.241. The zero-order chi connectivity index (χ0) is 22.8. The number of carbonyl (C=O) groups is 1. The molecule has 0 atom stereocenters. The molecule has 1 aromatic heterocycles. The van der Waals surface area contributed by atoms with Crippen LogP contribution in [0, 0.1) is 6.92 Å². The maximum Gasteiger partial charge on any atom is 0.286 e. The molecule has 1 saturated heterocycles. The van der Waals surface area contributed by atoms with Gasteiger partial charge in [0.1, 0.15) is 10.8 Å². The summed E-state index contributed by atoms with van der Waals surface area (Å²) in [7, 11) is 0. The largest absolute Gasteiger partial charge is 0.389 e. The maximum atomic E-state index is 13.1. The number of benzene rings is 2. The molecule has 3 N–H and O–H groups in total. The Morgan fingerprint density at radius 3 is 2.41 bits per heavy atom. The summed E-state index contributed by atoms with van der Waals surface area (Å²) in [6.07, 6.45) is 3.31. The fourth-order valence-electron chi connectivity index (χ4n) is 3.86. The minimum Gasteiger partial charge on any atom is -0.389 e. The average Bonchev–Trinajstić information content (AvgIpc) is 3.11. The molecule has 0 saturated carbocycles. The summed E-state index contributed by atoms with van der Waals surface area (Å²) in [6.45, 7) is 3.54. The van der Waals surface area contributed by atoms with Crippen LogP contribution in [0.3, 0.4) is 0 Å². The standard InChI is InChI=1S/C23H23Cl2N5OS/c1-14-20(23(31)28-29-11-3-2-4-12-29)27-22(18-10-7-16(24)13-19(18)25)30(14)17-8-5-15(6-9-17)21(26)32/h5-10,13H,2-4,11-12H2,1H3,(H2,26,32)(H,28,31). The van der Waals surface area contributed by atoms with Crippen LogP contribution >= 0.6 is 35.4 Å². The third kappa shape index (κ3) is 4.66. The molecule has 4 rings (SSSR count). The first kappa shape index (κ1) is 22.7. The van der Waals surface area contributed by atoms with Crippen molar-refractivity contribution in [3.05, 3.63) is 69.5 Å². The van der Waals surface area contributed by atoms with Gasteiger partial charge in [0.25, 0.3) is 5.91 Å². The molecule has 0 bridgehead atoms. The van der Waals surface area contributed by atoms with E-state index in [1.54, 1.807) is 18.2 Å². The van der Waals surface area contributed by atoms with Gasteiger partial charge in [-0.15, -0.1) is 0 Å². The van der Waals surface area contributed by atoms with Gasteiger partial charge in [-0.25, -0.2) is 9.99 Å². The fourth-order valence-corrected chi connectivity index (χ4v) is 4.49. The summed E-state index contributed by atoms with van der Waals surface area (Å²) in [5.74, 6) is 0.310. The molecular formula is C23H23Cl2N5OS. The molecule has 2 aromatic carbocycles. The van der Waals surface area contributed by atoms with Gasteiger partial charge in [-0.05, 0) is 62.2 Å². The van der Waals surface area contributed by atoms with Gasteiger partial charge in [0.2, 0.25) is 0 Å². The number of imidazole rings is 1. The van der Waals surface area contributed by atoms with E-state index in [2.05, 4.69) is 5.43 Å². The maximum absolute atomic E-state index is 13.1. The zero-order valence-corrected chi connectivity index (χ0v) is 19.9. The second kappa shape index (κ2) is 9.58. The topological polar surface area (TPSA) is 76.2 Å². The highest BCUT2D eigenvalue weighted by Gasteiger charge is 2.24. The SMILES string of the molecule is Cc1c(C(=O)NN2CCCCC2)nc(-c2ccc(Cl)cc2Cl)n1-c1ccc(C(N)=S)cc1. The summed E-state index contributed by atoms with van der Waals surface area (Å²) in [4.78, 5) is 18.2. The predicted octanol–water partition coefficient (Wildman–Crippen LogP) is 4.92. The Morgan fingerprint density at radius 2 is 1.78 bits per heavy atom. The van der Waals surface area contributed by atoms with Gasteiger partial charge < -0.3 is 5.73 Å². The number of rotatable bonds is 5. The molecule has 9 heteroatoms. The lowest BCUT2D eigenvalue weighted by molar-refractivity contribution is 0.0744. The number of hydrogen-bond acceptors (Lipinski definition) is 4. The van der Waals surface area contributed by atoms with E-state index in [1.165, 1.54) is 6.42 Å². The van der Waals surface area contributed by atoms with Gasteiger partial charge in [0, 0.05) is 34.9 Å². The van der Waals surface area contributed by atoms with Crippen molar-refractivity contribution in [1.82, 2.24) is 20.0 Å². The Hall–Kier alpha value is -2.45. The van der Waals surface area contributed by atoms with E-state index >= 15 is 0 Å². The second-order valence-corrected chi connectivity index (χ2v) is 9.01. The van der Waals surface area contributed by atoms with Crippen molar-refractivity contribution in [2.24, 2.45) is 5.73 Å². The van der Waals surface area contributed by atoms with E-state index in [1.807, 2.05) is 40.8 Å². The molecule has 3 aromatic rings. The zero-order valence-electron chi connectivity index (χ0n) is 17.6. The highest BCUT2D eigenvalue weighted by atomic mass is 35.5. The van der Waals surface area contributed by atoms with Gasteiger partial charge in [-0.3, -0.25) is 14.8 Å². The van der Waals surface area contributed by atoms with Crippen molar-refractivity contribution in [3.8, 4) is 17.1 Å². The smallest absolute Gasteiger partial charge is 0.286 e. The number of carbonyl (C=O) groups excluding carboxylic acids is 1. The average molecular weight is 488 g/mol. The van der Waals surface area contributed by atoms with Crippen molar-refractivity contribution in [2.75, 3.05) is 13.1 Å². The van der Waals surface area contributed by atoms with Gasteiger partial charge in [-0.2, -0.15) is 0 Å². The van der Waals surface area contributed by atoms with Crippen molar-refractivity contribution < 1.29 is 4.79 Å². The van der Waals surface area contributed by atoms with E-state index in [0.717, 1.165) is 37.2 Å². The highest BCUT2D eigenvalue weighted by molar-refractivity contribution is 7.80. The normalized spacial score (nSPS) is 14.3. The molecule has 32 heavy (non-hydrogen) atoms. The van der Waals surface area contributed by atoms with Crippen LogP contribution < -0.4 is 11.2 Å². The van der Waals surface area contributed by atoms with Gasteiger partial charge >= 0.3 is 0 Å². The first-order chi connectivity index (χ1) is 15.3. The molecule has 2 heterocycles. The molecule has 0 unspecified atom stereocenters. The van der Waals surface area contributed by atoms with E-state index in [9.17, 15) is 4.79 Å². The molecular weight excluding hydrogens is 465 g/mol. The Kier molecular flexibility index (Phi) is 6.81. The Bertz CT molecular complexity index is 1170. The highest BCUT2D eigenvalue weighted by Crippen LogP contribution is 2.33. The minimum absolute atomic E-state index is 0.241. The summed E-state index contributed by atoms with van der Waals surface area (Å²) in [6, 6.07) is 12.7. The van der Waals surface area contributed by atoms with Crippen LogP contribution in [0.1, 0.15) is 41.0 Å². The van der Waals surface area contributed by atoms with E-state index in [0.29, 0.717) is 37.8 Å². The lowest BCUT2D eigenvalue weighted by Crippen LogP contribution is -2.45. The summed E-state index contributed by atoms with van der Waals surface area (Å²) in [5.41, 5.74) is 12.0. The number of nitrogens with one attached hydrogen (secondary N) is 1. The van der Waals surface area contributed by atoms with Crippen LogP contribution in [0.15, 0.2) is 42.5 Å². The van der Waals surface area contributed by atoms with Crippen LogP contribution in [-0.4, -0.2) is 38.5 Å². The van der Waals surface area contributed by atoms with Crippen molar-refractivity contribution in [3.63, 3.8) is 0 Å². The van der Waals surface area contributed by atoms with Crippen molar-refractivity contribution in [2.45, 2.75) is 26.2 Å². The summed E-state index contributed by atoms with van der Waals surface area (Å²) in [5, 5.41) is 2.93. The molecule has 1 fully saturated rings. The molecule has 6 nitrogen and oxygen atoms in total. The van der Waals surface area contributed by atoms with Gasteiger partial charge in [0.05, 0.1) is 10.7 Å². The van der Waals surface area contributed by atoms with Crippen molar-refractivity contribution >= 4 is 46.3 Å². The molecule has 0 aliphatic carbocycles. The van der Waals surface area contributed by atoms with Crippen molar-refractivity contribution in [1.29, 1.82) is 0 Å². The number of nitrogens with zero attached hydrogens (tertiary/aromatic N) is 3. The first-order valence-electron chi connectivity index (χ1n) is 10.4. The first-order valence-corrected chi connectivity index (χ1v) is 11.5. The number of halogens is 2. The van der Waals surface area contributed by atoms with Crippen LogP contribution in [0.4, 0.5) is 0 Å². The number of nitrogens with two attached hydrogens (primary N) is 1. The van der Waals surface area contributed by atoms with Gasteiger partial charge in [-0.1, -0.05) is 41.8 Å². The lowest BCUT2D eigenvalue weighted by Gasteiger charge is -2.26. The van der Waals surface area contributed by atoms with Crippen LogP contribution in [0.25, 0.3) is 17.1 Å². The quantitative estimate of drug-likeness (QED) is 0.499. The Balaban J connectivity index is 1.80. The van der Waals surface area contributed by atoms with Crippen LogP contribution in [0.2, 0.25) is 10.0 Å². The summed E-state index contributed by atoms with van der Waals surface area (Å²) < 4.78 is 1.91. The molecule has 0 radical (unpaired) electrons. The molecule has 166 valence electrons. The number of hydrogen-bond donors (Lipinski definition) is 2. The molecule has 1 aliphatic rings. The number of piperidine rings is 1. The Labute approximate surface area is 202 Å². The second-order valence-electron chi connectivity index (χ2n) is 7.73.